The molecule has 0 saturated carbocycles. The highest BCUT2D eigenvalue weighted by Gasteiger charge is 2.27. The maximum absolute atomic E-state index is 12.4. The van der Waals surface area contributed by atoms with Crippen LogP contribution in [0.2, 0.25) is 0 Å². The number of nitrogens with one attached hydrogen (secondary N) is 2. The van der Waals surface area contributed by atoms with Gasteiger partial charge in [-0.15, -0.1) is 0 Å². The van der Waals surface area contributed by atoms with Gasteiger partial charge in [0.2, 0.25) is 6.10 Å². The Bertz CT molecular complexity index is 848. The summed E-state index contributed by atoms with van der Waals surface area (Å²) in [4.78, 5) is 24.6. The van der Waals surface area contributed by atoms with Gasteiger partial charge in [-0.05, 0) is 40.2 Å². The Morgan fingerprint density at radius 1 is 1.07 bits per heavy atom. The Kier molecular flexibility index (Phi) is 5.70. The smallest absolute Gasteiger partial charge is 0.283 e. The normalized spacial score (nSPS) is 14.9. The molecular formula is C18H17BrN2O6. The zero-order valence-corrected chi connectivity index (χ0v) is 16.2. The quantitative estimate of drug-likeness (QED) is 0.712. The van der Waals surface area contributed by atoms with Crippen molar-refractivity contribution in [3.8, 4) is 23.0 Å². The van der Waals surface area contributed by atoms with E-state index in [1.807, 2.05) is 6.07 Å². The summed E-state index contributed by atoms with van der Waals surface area (Å²) < 4.78 is 22.1. The molecule has 0 unspecified atom stereocenters. The Balaban J connectivity index is 1.63. The van der Waals surface area contributed by atoms with Crippen LogP contribution >= 0.6 is 15.9 Å². The first-order chi connectivity index (χ1) is 13.0. The molecule has 1 atom stereocenters. The first-order valence-electron chi connectivity index (χ1n) is 7.93. The molecule has 1 aliphatic rings. The highest BCUT2D eigenvalue weighted by molar-refractivity contribution is 9.10. The van der Waals surface area contributed by atoms with E-state index in [0.29, 0.717) is 27.5 Å². The summed E-state index contributed by atoms with van der Waals surface area (Å²) in [5, 5.41) is 0. The Morgan fingerprint density at radius 2 is 1.70 bits per heavy atom. The van der Waals surface area contributed by atoms with Gasteiger partial charge >= 0.3 is 0 Å². The fourth-order valence-electron chi connectivity index (χ4n) is 2.42. The van der Waals surface area contributed by atoms with Gasteiger partial charge in [-0.3, -0.25) is 20.4 Å². The van der Waals surface area contributed by atoms with Crippen LogP contribution in [0.15, 0.2) is 40.9 Å². The standard InChI is InChI=1S/C18H17BrN2O6/c1-24-13-7-10(8-14(25-2)16(13)19)17(22)20-21-18(23)15-9-26-11-5-3-4-6-12(11)27-15/h3-8,15H,9H2,1-2H3,(H,20,22)(H,21,23)/t15-/m1/s1. The van der Waals surface area contributed by atoms with Crippen LogP contribution in [-0.4, -0.2) is 38.7 Å². The van der Waals surface area contributed by atoms with E-state index < -0.39 is 17.9 Å². The summed E-state index contributed by atoms with van der Waals surface area (Å²) in [7, 11) is 2.95. The molecule has 2 aromatic carbocycles. The summed E-state index contributed by atoms with van der Waals surface area (Å²) in [6.45, 7) is 0.0403. The number of hydrazine groups is 1. The molecule has 0 aromatic heterocycles. The van der Waals surface area contributed by atoms with Gasteiger partial charge in [0.25, 0.3) is 11.8 Å². The van der Waals surface area contributed by atoms with Crippen LogP contribution in [0.25, 0.3) is 0 Å². The summed E-state index contributed by atoms with van der Waals surface area (Å²) >= 11 is 3.33. The van der Waals surface area contributed by atoms with Gasteiger partial charge in [-0.1, -0.05) is 12.1 Å². The van der Waals surface area contributed by atoms with E-state index >= 15 is 0 Å². The second-order valence-corrected chi connectivity index (χ2v) is 6.30. The molecule has 0 fully saturated rings. The molecule has 2 aromatic rings. The number of carbonyl (C=O) groups excluding carboxylic acids is 2. The number of carbonyl (C=O) groups is 2. The monoisotopic (exact) mass is 436 g/mol. The largest absolute Gasteiger partial charge is 0.495 e. The average Bonchev–Trinajstić information content (AvgIpc) is 2.71. The van der Waals surface area contributed by atoms with Crippen molar-refractivity contribution in [2.45, 2.75) is 6.10 Å². The number of hydrogen-bond acceptors (Lipinski definition) is 6. The molecule has 1 aliphatic heterocycles. The van der Waals surface area contributed by atoms with Crippen molar-refractivity contribution in [3.63, 3.8) is 0 Å². The van der Waals surface area contributed by atoms with Crippen molar-refractivity contribution in [3.05, 3.63) is 46.4 Å². The number of ether oxygens (including phenoxy) is 4. The van der Waals surface area contributed by atoms with Gasteiger partial charge in [-0.2, -0.15) is 0 Å². The SMILES string of the molecule is COc1cc(C(=O)NNC(=O)[C@H]2COc3ccccc3O2)cc(OC)c1Br. The number of methoxy groups -OCH3 is 2. The lowest BCUT2D eigenvalue weighted by Gasteiger charge is -2.25. The van der Waals surface area contributed by atoms with Gasteiger partial charge in [0.1, 0.15) is 22.6 Å². The Morgan fingerprint density at radius 3 is 2.33 bits per heavy atom. The molecule has 2 amide bonds. The topological polar surface area (TPSA) is 95.1 Å². The third-order valence-electron chi connectivity index (χ3n) is 3.81. The molecular weight excluding hydrogens is 420 g/mol. The summed E-state index contributed by atoms with van der Waals surface area (Å²) in [6, 6.07) is 10.1. The molecule has 0 bridgehead atoms. The van der Waals surface area contributed by atoms with E-state index in [4.69, 9.17) is 18.9 Å². The Labute approximate surface area is 163 Å². The van der Waals surface area contributed by atoms with Gasteiger partial charge in [0, 0.05) is 5.56 Å². The predicted octanol–water partition coefficient (Wildman–Crippen LogP) is 2.07. The van der Waals surface area contributed by atoms with Crippen molar-refractivity contribution in [2.24, 2.45) is 0 Å². The molecule has 0 aliphatic carbocycles. The van der Waals surface area contributed by atoms with E-state index in [9.17, 15) is 9.59 Å². The molecule has 2 N–H and O–H groups in total. The van der Waals surface area contributed by atoms with Crippen molar-refractivity contribution in [2.75, 3.05) is 20.8 Å². The lowest BCUT2D eigenvalue weighted by Crippen LogP contribution is -2.50. The average molecular weight is 437 g/mol. The van der Waals surface area contributed by atoms with Crippen LogP contribution in [0.3, 0.4) is 0 Å². The number of rotatable bonds is 4. The fourth-order valence-corrected chi connectivity index (χ4v) is 2.97. The summed E-state index contributed by atoms with van der Waals surface area (Å²) in [5.74, 6) is 0.814. The van der Waals surface area contributed by atoms with E-state index in [2.05, 4.69) is 26.8 Å². The third kappa shape index (κ3) is 4.08. The zero-order chi connectivity index (χ0) is 19.4. The number of hydrogen-bond donors (Lipinski definition) is 2. The van der Waals surface area contributed by atoms with E-state index in [0.717, 1.165) is 0 Å². The molecule has 8 nitrogen and oxygen atoms in total. The molecule has 1 heterocycles. The van der Waals surface area contributed by atoms with Crippen LogP contribution in [0, 0.1) is 0 Å². The first-order valence-corrected chi connectivity index (χ1v) is 8.73. The molecule has 142 valence electrons. The van der Waals surface area contributed by atoms with Crippen molar-refractivity contribution in [1.82, 2.24) is 10.9 Å². The maximum atomic E-state index is 12.4. The second kappa shape index (κ2) is 8.17. The minimum Gasteiger partial charge on any atom is -0.495 e. The maximum Gasteiger partial charge on any atom is 0.283 e. The minimum atomic E-state index is -0.880. The Hall–Kier alpha value is -2.94. The number of para-hydroxylation sites is 2. The van der Waals surface area contributed by atoms with E-state index in [-0.39, 0.29) is 12.2 Å². The number of amides is 2. The second-order valence-electron chi connectivity index (χ2n) is 5.50. The molecule has 0 radical (unpaired) electrons. The molecule has 27 heavy (non-hydrogen) atoms. The van der Waals surface area contributed by atoms with Crippen LogP contribution in [0.4, 0.5) is 0 Å². The van der Waals surface area contributed by atoms with E-state index in [1.165, 1.54) is 26.4 Å². The lowest BCUT2D eigenvalue weighted by molar-refractivity contribution is -0.131. The molecule has 0 spiro atoms. The number of halogens is 1. The van der Waals surface area contributed by atoms with Gasteiger partial charge in [0.05, 0.1) is 14.2 Å². The van der Waals surface area contributed by atoms with Gasteiger partial charge in [-0.25, -0.2) is 0 Å². The fraction of sp³-hybridized carbons (Fsp3) is 0.222. The molecule has 3 rings (SSSR count). The summed E-state index contributed by atoms with van der Waals surface area (Å²) in [5.41, 5.74) is 4.92. The van der Waals surface area contributed by atoms with Crippen molar-refractivity contribution < 1.29 is 28.5 Å². The lowest BCUT2D eigenvalue weighted by atomic mass is 10.2. The van der Waals surface area contributed by atoms with Crippen molar-refractivity contribution in [1.29, 1.82) is 0 Å². The zero-order valence-electron chi connectivity index (χ0n) is 14.6. The van der Waals surface area contributed by atoms with E-state index in [1.54, 1.807) is 18.2 Å². The van der Waals surface area contributed by atoms with Crippen LogP contribution in [0.5, 0.6) is 23.0 Å². The highest BCUT2D eigenvalue weighted by atomic mass is 79.9. The van der Waals surface area contributed by atoms with Crippen LogP contribution in [0.1, 0.15) is 10.4 Å². The van der Waals surface area contributed by atoms with Crippen LogP contribution in [-0.2, 0) is 4.79 Å². The van der Waals surface area contributed by atoms with Gasteiger partial charge < -0.3 is 18.9 Å². The molecule has 9 heteroatoms. The molecule has 0 saturated heterocycles. The van der Waals surface area contributed by atoms with Crippen LogP contribution < -0.4 is 29.8 Å². The van der Waals surface area contributed by atoms with Gasteiger partial charge in [0.15, 0.2) is 11.5 Å². The predicted molar refractivity (Wildman–Crippen MR) is 99.2 cm³/mol. The number of fused-ring (bicyclic) bond motifs is 1. The van der Waals surface area contributed by atoms with Crippen molar-refractivity contribution >= 4 is 27.7 Å². The minimum absolute atomic E-state index is 0.0403. The third-order valence-corrected chi connectivity index (χ3v) is 4.59. The first kappa shape index (κ1) is 18.8. The number of benzene rings is 2. The highest BCUT2D eigenvalue weighted by Crippen LogP contribution is 2.35. The summed E-state index contributed by atoms with van der Waals surface area (Å²) in [6.07, 6.45) is -0.880.